The van der Waals surface area contributed by atoms with Gasteiger partial charge in [0, 0.05) is 29.7 Å². The molecule has 0 bridgehead atoms. The molecule has 0 spiro atoms. The van der Waals surface area contributed by atoms with Crippen molar-refractivity contribution in [3.63, 3.8) is 0 Å². The van der Waals surface area contributed by atoms with Crippen LogP contribution in [-0.4, -0.2) is 25.3 Å². The molecule has 0 heterocycles. The molecule has 0 amide bonds. The van der Waals surface area contributed by atoms with E-state index in [1.54, 1.807) is 0 Å². The van der Waals surface area contributed by atoms with Gasteiger partial charge in [-0.05, 0) is 37.1 Å². The molecule has 1 N–H and O–H groups in total. The van der Waals surface area contributed by atoms with Gasteiger partial charge in [-0.3, -0.25) is 0 Å². The Morgan fingerprint density at radius 1 is 1.33 bits per heavy atom. The van der Waals surface area contributed by atoms with E-state index in [2.05, 4.69) is 11.9 Å². The van der Waals surface area contributed by atoms with Crippen molar-refractivity contribution in [3.8, 4) is 0 Å². The number of halogens is 1. The van der Waals surface area contributed by atoms with Gasteiger partial charge in [0.1, 0.15) is 0 Å². The fourth-order valence-corrected chi connectivity index (χ4v) is 1.96. The van der Waals surface area contributed by atoms with Gasteiger partial charge in [-0.2, -0.15) is 0 Å². The Bertz CT molecular complexity index is 332. The van der Waals surface area contributed by atoms with Gasteiger partial charge < -0.3 is 10.0 Å². The van der Waals surface area contributed by atoms with Gasteiger partial charge in [0.05, 0.1) is 6.61 Å². The van der Waals surface area contributed by atoms with E-state index in [9.17, 15) is 5.11 Å². The SMILES string of the molecule is CN(CC1(CO)CC1)c1ccc(Cl)cc1. The van der Waals surface area contributed by atoms with E-state index in [0.29, 0.717) is 6.61 Å². The van der Waals surface area contributed by atoms with Crippen molar-refractivity contribution in [3.05, 3.63) is 29.3 Å². The molecule has 3 heteroatoms. The van der Waals surface area contributed by atoms with E-state index in [0.717, 1.165) is 30.1 Å². The summed E-state index contributed by atoms with van der Waals surface area (Å²) < 4.78 is 0. The molecule has 1 aliphatic carbocycles. The van der Waals surface area contributed by atoms with Crippen molar-refractivity contribution < 1.29 is 5.11 Å². The topological polar surface area (TPSA) is 23.5 Å². The average Bonchev–Trinajstić information content (AvgIpc) is 2.99. The Morgan fingerprint density at radius 2 is 1.93 bits per heavy atom. The van der Waals surface area contributed by atoms with Crippen LogP contribution in [0.1, 0.15) is 12.8 Å². The monoisotopic (exact) mass is 225 g/mol. The number of hydrogen-bond donors (Lipinski definition) is 1. The molecule has 0 aliphatic heterocycles. The number of nitrogens with zero attached hydrogens (tertiary/aromatic N) is 1. The Balaban J connectivity index is 2.01. The number of hydrogen-bond acceptors (Lipinski definition) is 2. The molecule has 0 saturated heterocycles. The quantitative estimate of drug-likeness (QED) is 0.852. The van der Waals surface area contributed by atoms with Gasteiger partial charge in [-0.15, -0.1) is 0 Å². The molecule has 0 unspecified atom stereocenters. The Morgan fingerprint density at radius 3 is 2.40 bits per heavy atom. The summed E-state index contributed by atoms with van der Waals surface area (Å²) in [6.45, 7) is 1.22. The highest BCUT2D eigenvalue weighted by Crippen LogP contribution is 2.45. The fourth-order valence-electron chi connectivity index (χ4n) is 1.83. The summed E-state index contributed by atoms with van der Waals surface area (Å²) >= 11 is 5.83. The molecule has 0 aromatic heterocycles. The summed E-state index contributed by atoms with van der Waals surface area (Å²) in [5, 5.41) is 10.0. The smallest absolute Gasteiger partial charge is 0.0504 e. The van der Waals surface area contributed by atoms with E-state index in [1.807, 2.05) is 24.3 Å². The standard InChI is InChI=1S/C12H16ClNO/c1-14(8-12(9-15)6-7-12)11-4-2-10(13)3-5-11/h2-5,15H,6-9H2,1H3. The third-order valence-corrected chi connectivity index (χ3v) is 3.38. The van der Waals surface area contributed by atoms with Gasteiger partial charge in [0.15, 0.2) is 0 Å². The van der Waals surface area contributed by atoms with E-state index < -0.39 is 0 Å². The van der Waals surface area contributed by atoms with Crippen molar-refractivity contribution in [2.45, 2.75) is 12.8 Å². The van der Waals surface area contributed by atoms with Gasteiger partial charge in [-0.25, -0.2) is 0 Å². The molecule has 0 atom stereocenters. The molecular weight excluding hydrogens is 210 g/mol. The summed E-state index contributed by atoms with van der Waals surface area (Å²) in [5.74, 6) is 0. The Kier molecular flexibility index (Phi) is 2.89. The van der Waals surface area contributed by atoms with E-state index in [4.69, 9.17) is 11.6 Å². The summed E-state index contributed by atoms with van der Waals surface area (Å²) in [7, 11) is 2.05. The molecule has 2 nitrogen and oxygen atoms in total. The van der Waals surface area contributed by atoms with Crippen molar-refractivity contribution in [1.82, 2.24) is 0 Å². The molecule has 1 aromatic rings. The minimum atomic E-state index is 0.161. The van der Waals surface area contributed by atoms with Crippen LogP contribution in [0.2, 0.25) is 5.02 Å². The number of benzene rings is 1. The average molecular weight is 226 g/mol. The molecule has 1 fully saturated rings. The fraction of sp³-hybridized carbons (Fsp3) is 0.500. The lowest BCUT2D eigenvalue weighted by molar-refractivity contribution is 0.215. The van der Waals surface area contributed by atoms with Crippen molar-refractivity contribution in [2.24, 2.45) is 5.41 Å². The molecule has 15 heavy (non-hydrogen) atoms. The van der Waals surface area contributed by atoms with Crippen LogP contribution in [0.3, 0.4) is 0 Å². The van der Waals surface area contributed by atoms with Crippen LogP contribution in [0.4, 0.5) is 5.69 Å². The Hall–Kier alpha value is -0.730. The van der Waals surface area contributed by atoms with E-state index in [-0.39, 0.29) is 5.41 Å². The first-order valence-electron chi connectivity index (χ1n) is 5.23. The predicted molar refractivity (Wildman–Crippen MR) is 63.5 cm³/mol. The maximum Gasteiger partial charge on any atom is 0.0504 e. The number of rotatable bonds is 4. The Labute approximate surface area is 95.5 Å². The normalized spacial score (nSPS) is 17.5. The highest BCUT2D eigenvalue weighted by Gasteiger charge is 2.42. The minimum absolute atomic E-state index is 0.161. The molecular formula is C12H16ClNO. The van der Waals surface area contributed by atoms with Gasteiger partial charge in [-0.1, -0.05) is 11.6 Å². The summed E-state index contributed by atoms with van der Waals surface area (Å²) in [6, 6.07) is 7.81. The zero-order valence-electron chi connectivity index (χ0n) is 8.91. The highest BCUT2D eigenvalue weighted by molar-refractivity contribution is 6.30. The first kappa shape index (κ1) is 10.8. The van der Waals surface area contributed by atoms with Crippen molar-refractivity contribution in [1.29, 1.82) is 0 Å². The summed E-state index contributed by atoms with van der Waals surface area (Å²) in [4.78, 5) is 2.18. The molecule has 82 valence electrons. The first-order chi connectivity index (χ1) is 7.15. The second kappa shape index (κ2) is 4.03. The molecule has 1 aliphatic rings. The van der Waals surface area contributed by atoms with Gasteiger partial charge in [0.2, 0.25) is 0 Å². The van der Waals surface area contributed by atoms with Crippen LogP contribution < -0.4 is 4.90 Å². The molecule has 1 aromatic carbocycles. The lowest BCUT2D eigenvalue weighted by Crippen LogP contribution is -2.28. The molecule has 2 rings (SSSR count). The van der Waals surface area contributed by atoms with Gasteiger partial charge >= 0.3 is 0 Å². The van der Waals surface area contributed by atoms with Crippen LogP contribution in [0.5, 0.6) is 0 Å². The van der Waals surface area contributed by atoms with Crippen LogP contribution in [0.25, 0.3) is 0 Å². The third kappa shape index (κ3) is 2.44. The number of aliphatic hydroxyl groups is 1. The predicted octanol–water partition coefficient (Wildman–Crippen LogP) is 2.55. The maximum atomic E-state index is 9.25. The van der Waals surface area contributed by atoms with Crippen LogP contribution in [0, 0.1) is 5.41 Å². The van der Waals surface area contributed by atoms with E-state index in [1.165, 1.54) is 0 Å². The lowest BCUT2D eigenvalue weighted by Gasteiger charge is -2.24. The second-order valence-electron chi connectivity index (χ2n) is 4.49. The lowest BCUT2D eigenvalue weighted by atomic mass is 10.1. The van der Waals surface area contributed by atoms with Crippen LogP contribution in [0.15, 0.2) is 24.3 Å². The third-order valence-electron chi connectivity index (χ3n) is 3.13. The van der Waals surface area contributed by atoms with Crippen LogP contribution >= 0.6 is 11.6 Å². The first-order valence-corrected chi connectivity index (χ1v) is 5.61. The maximum absolute atomic E-state index is 9.25. The summed E-state index contributed by atoms with van der Waals surface area (Å²) in [6.07, 6.45) is 2.28. The minimum Gasteiger partial charge on any atom is -0.396 e. The van der Waals surface area contributed by atoms with Crippen molar-refractivity contribution >= 4 is 17.3 Å². The second-order valence-corrected chi connectivity index (χ2v) is 4.93. The van der Waals surface area contributed by atoms with E-state index >= 15 is 0 Å². The number of aliphatic hydroxyl groups excluding tert-OH is 1. The van der Waals surface area contributed by atoms with Crippen LogP contribution in [-0.2, 0) is 0 Å². The van der Waals surface area contributed by atoms with Gasteiger partial charge in [0.25, 0.3) is 0 Å². The number of anilines is 1. The molecule has 1 saturated carbocycles. The highest BCUT2D eigenvalue weighted by atomic mass is 35.5. The zero-order valence-corrected chi connectivity index (χ0v) is 9.67. The summed E-state index contributed by atoms with van der Waals surface area (Å²) in [5.41, 5.74) is 1.31. The molecule has 0 radical (unpaired) electrons. The van der Waals surface area contributed by atoms with Crippen molar-refractivity contribution in [2.75, 3.05) is 25.1 Å². The zero-order chi connectivity index (χ0) is 10.9. The largest absolute Gasteiger partial charge is 0.396 e.